The number of nitrogens with zero attached hydrogens (tertiary/aromatic N) is 1. The summed E-state index contributed by atoms with van der Waals surface area (Å²) in [7, 11) is 0. The second kappa shape index (κ2) is 5.54. The fourth-order valence-electron chi connectivity index (χ4n) is 3.17. The number of fused-ring (bicyclic) bond motifs is 2. The summed E-state index contributed by atoms with van der Waals surface area (Å²) in [4.78, 5) is 20.6. The minimum absolute atomic E-state index is 0.0143. The van der Waals surface area contributed by atoms with E-state index in [-0.39, 0.29) is 5.91 Å². The number of carbonyl (C=O) groups excluding carboxylic acids is 1. The number of aromatic nitrogens is 1. The quantitative estimate of drug-likeness (QED) is 0.901. The molecule has 1 N–H and O–H groups in total. The van der Waals surface area contributed by atoms with Crippen LogP contribution in [0.3, 0.4) is 0 Å². The predicted molar refractivity (Wildman–Crippen MR) is 87.7 cm³/mol. The van der Waals surface area contributed by atoms with Crippen molar-refractivity contribution in [3.8, 4) is 0 Å². The van der Waals surface area contributed by atoms with Crippen LogP contribution in [-0.2, 0) is 25.7 Å². The lowest BCUT2D eigenvalue weighted by atomic mass is 9.99. The topological polar surface area (TPSA) is 42.0 Å². The number of hydrogen-bond acceptors (Lipinski definition) is 4. The Morgan fingerprint density at radius 3 is 2.57 bits per heavy atom. The first-order valence-corrected chi connectivity index (χ1v) is 9.34. The zero-order chi connectivity index (χ0) is 14.2. The van der Waals surface area contributed by atoms with Crippen LogP contribution in [0, 0.1) is 0 Å². The van der Waals surface area contributed by atoms with E-state index in [1.54, 1.807) is 22.7 Å². The number of hydrogen-bond donors (Lipinski definition) is 1. The number of thiazole rings is 1. The van der Waals surface area contributed by atoms with Gasteiger partial charge in [0.2, 0.25) is 0 Å². The lowest BCUT2D eigenvalue weighted by Gasteiger charge is -2.08. The number of amides is 1. The van der Waals surface area contributed by atoms with Crippen LogP contribution in [-0.4, -0.2) is 10.9 Å². The van der Waals surface area contributed by atoms with Crippen molar-refractivity contribution in [2.45, 2.75) is 51.4 Å². The van der Waals surface area contributed by atoms with Gasteiger partial charge in [-0.15, -0.1) is 22.7 Å². The standard InChI is InChI=1S/C16H18N2OS2/c19-15(14-9-10-5-1-3-7-12(10)20-14)18-16-17-11-6-2-4-8-13(11)21-16/h9H,1-8H2,(H,17,18,19). The average Bonchev–Trinajstić information content (AvgIpc) is 3.10. The van der Waals surface area contributed by atoms with Crippen molar-refractivity contribution in [2.24, 2.45) is 0 Å². The third-order valence-electron chi connectivity index (χ3n) is 4.29. The highest BCUT2D eigenvalue weighted by Gasteiger charge is 2.20. The van der Waals surface area contributed by atoms with Gasteiger partial charge >= 0.3 is 0 Å². The molecule has 1 amide bonds. The predicted octanol–water partition coefficient (Wildman–Crippen LogP) is 4.21. The highest BCUT2D eigenvalue weighted by atomic mass is 32.1. The number of carbonyl (C=O) groups is 1. The number of rotatable bonds is 2. The highest BCUT2D eigenvalue weighted by molar-refractivity contribution is 7.16. The van der Waals surface area contributed by atoms with Crippen molar-refractivity contribution in [1.29, 1.82) is 0 Å². The molecule has 4 rings (SSSR count). The molecule has 0 atom stereocenters. The van der Waals surface area contributed by atoms with E-state index in [0.29, 0.717) is 0 Å². The van der Waals surface area contributed by atoms with Gasteiger partial charge in [-0.2, -0.15) is 0 Å². The van der Waals surface area contributed by atoms with E-state index < -0.39 is 0 Å². The van der Waals surface area contributed by atoms with E-state index in [2.05, 4.69) is 16.4 Å². The third kappa shape index (κ3) is 2.64. The van der Waals surface area contributed by atoms with Gasteiger partial charge in [0.15, 0.2) is 5.13 Å². The SMILES string of the molecule is O=C(Nc1nc2c(s1)CCCC2)c1cc2c(s1)CCCC2. The zero-order valence-electron chi connectivity index (χ0n) is 11.9. The molecule has 0 aromatic carbocycles. The van der Waals surface area contributed by atoms with E-state index in [4.69, 9.17) is 0 Å². The monoisotopic (exact) mass is 318 g/mol. The van der Waals surface area contributed by atoms with Crippen LogP contribution >= 0.6 is 22.7 Å². The minimum atomic E-state index is 0.0143. The molecule has 2 aliphatic carbocycles. The van der Waals surface area contributed by atoms with Gasteiger partial charge in [-0.05, 0) is 63.0 Å². The van der Waals surface area contributed by atoms with Crippen molar-refractivity contribution in [2.75, 3.05) is 5.32 Å². The van der Waals surface area contributed by atoms with Crippen LogP contribution in [0.4, 0.5) is 5.13 Å². The molecule has 0 fully saturated rings. The maximum atomic E-state index is 12.4. The van der Waals surface area contributed by atoms with Gasteiger partial charge in [0, 0.05) is 9.75 Å². The van der Waals surface area contributed by atoms with E-state index in [0.717, 1.165) is 35.7 Å². The number of nitrogens with one attached hydrogen (secondary N) is 1. The van der Waals surface area contributed by atoms with Gasteiger partial charge in [-0.1, -0.05) is 0 Å². The van der Waals surface area contributed by atoms with Gasteiger partial charge in [-0.3, -0.25) is 10.1 Å². The Morgan fingerprint density at radius 1 is 1.00 bits per heavy atom. The molecule has 110 valence electrons. The van der Waals surface area contributed by atoms with Gasteiger partial charge in [-0.25, -0.2) is 4.98 Å². The van der Waals surface area contributed by atoms with Crippen molar-refractivity contribution in [1.82, 2.24) is 4.98 Å². The Kier molecular flexibility index (Phi) is 3.55. The van der Waals surface area contributed by atoms with Crippen LogP contribution in [0.25, 0.3) is 0 Å². The number of thiophene rings is 1. The number of aryl methyl sites for hydroxylation is 4. The van der Waals surface area contributed by atoms with Crippen molar-refractivity contribution < 1.29 is 4.79 Å². The largest absolute Gasteiger partial charge is 0.297 e. The molecule has 2 aromatic heterocycles. The molecule has 2 heterocycles. The summed E-state index contributed by atoms with van der Waals surface area (Å²) in [5.74, 6) is 0.0143. The van der Waals surface area contributed by atoms with E-state index in [1.165, 1.54) is 46.7 Å². The second-order valence-corrected chi connectivity index (χ2v) is 8.04. The molecule has 0 radical (unpaired) electrons. The minimum Gasteiger partial charge on any atom is -0.297 e. The van der Waals surface area contributed by atoms with Gasteiger partial charge in [0.1, 0.15) is 0 Å². The smallest absolute Gasteiger partial charge is 0.267 e. The Morgan fingerprint density at radius 2 is 1.76 bits per heavy atom. The summed E-state index contributed by atoms with van der Waals surface area (Å²) in [5, 5.41) is 3.78. The molecule has 5 heteroatoms. The van der Waals surface area contributed by atoms with E-state index in [1.807, 2.05) is 0 Å². The highest BCUT2D eigenvalue weighted by Crippen LogP contribution is 2.32. The Hall–Kier alpha value is -1.20. The molecular weight excluding hydrogens is 300 g/mol. The first-order valence-electron chi connectivity index (χ1n) is 7.71. The zero-order valence-corrected chi connectivity index (χ0v) is 13.5. The van der Waals surface area contributed by atoms with Crippen molar-refractivity contribution in [3.63, 3.8) is 0 Å². The first kappa shape index (κ1) is 13.5. The lowest BCUT2D eigenvalue weighted by molar-refractivity contribution is 0.103. The summed E-state index contributed by atoms with van der Waals surface area (Å²) in [6.45, 7) is 0. The fraction of sp³-hybridized carbons (Fsp3) is 0.500. The molecule has 2 aromatic rings. The van der Waals surface area contributed by atoms with Crippen LogP contribution < -0.4 is 5.32 Å². The summed E-state index contributed by atoms with van der Waals surface area (Å²) in [6.07, 6.45) is 9.44. The van der Waals surface area contributed by atoms with Crippen molar-refractivity contribution in [3.05, 3.63) is 32.0 Å². The van der Waals surface area contributed by atoms with Gasteiger partial charge in [0.25, 0.3) is 5.91 Å². The molecule has 0 unspecified atom stereocenters. The van der Waals surface area contributed by atoms with Crippen LogP contribution in [0.15, 0.2) is 6.07 Å². The summed E-state index contributed by atoms with van der Waals surface area (Å²) in [5.41, 5.74) is 2.59. The molecule has 0 aliphatic heterocycles. The van der Waals surface area contributed by atoms with Crippen LogP contribution in [0.5, 0.6) is 0 Å². The molecular formula is C16H18N2OS2. The van der Waals surface area contributed by atoms with E-state index >= 15 is 0 Å². The van der Waals surface area contributed by atoms with E-state index in [9.17, 15) is 4.79 Å². The summed E-state index contributed by atoms with van der Waals surface area (Å²) in [6, 6.07) is 2.09. The van der Waals surface area contributed by atoms with Crippen LogP contribution in [0.1, 0.15) is 56.4 Å². The summed E-state index contributed by atoms with van der Waals surface area (Å²) < 4.78 is 0. The Balaban J connectivity index is 1.52. The molecule has 0 saturated heterocycles. The Labute approximate surface area is 132 Å². The average molecular weight is 318 g/mol. The normalized spacial score (nSPS) is 17.1. The summed E-state index contributed by atoms with van der Waals surface area (Å²) >= 11 is 3.32. The second-order valence-electron chi connectivity index (χ2n) is 5.82. The molecule has 21 heavy (non-hydrogen) atoms. The third-order valence-corrected chi connectivity index (χ3v) is 6.60. The van der Waals surface area contributed by atoms with Gasteiger partial charge in [0.05, 0.1) is 10.6 Å². The van der Waals surface area contributed by atoms with Gasteiger partial charge < -0.3 is 0 Å². The lowest BCUT2D eigenvalue weighted by Crippen LogP contribution is -2.10. The maximum absolute atomic E-state index is 12.4. The molecule has 0 spiro atoms. The van der Waals surface area contributed by atoms with Crippen molar-refractivity contribution >= 4 is 33.7 Å². The number of anilines is 1. The Bertz CT molecular complexity index is 640. The van der Waals surface area contributed by atoms with Crippen LogP contribution in [0.2, 0.25) is 0 Å². The molecule has 3 nitrogen and oxygen atoms in total. The molecule has 2 aliphatic rings. The first-order chi connectivity index (χ1) is 10.3. The maximum Gasteiger partial charge on any atom is 0.267 e. The molecule has 0 bridgehead atoms. The fourth-order valence-corrected chi connectivity index (χ4v) is 5.36. The molecule has 0 saturated carbocycles.